The minimum absolute atomic E-state index is 0.0222. The molecule has 15 nitrogen and oxygen atoms in total. The number of fused-ring (bicyclic) bond motifs is 1. The predicted octanol–water partition coefficient (Wildman–Crippen LogP) is 4.19. The summed E-state index contributed by atoms with van der Waals surface area (Å²) in [6, 6.07) is 5.36. The third-order valence-corrected chi connectivity index (χ3v) is 10.2. The summed E-state index contributed by atoms with van der Waals surface area (Å²) in [5.41, 5.74) is 5.67. The highest BCUT2D eigenvalue weighted by Gasteiger charge is 2.28. The molecule has 0 aliphatic carbocycles. The van der Waals surface area contributed by atoms with Gasteiger partial charge in [0.1, 0.15) is 12.3 Å². The van der Waals surface area contributed by atoms with Gasteiger partial charge in [-0.25, -0.2) is 4.79 Å². The Morgan fingerprint density at radius 3 is 2.43 bits per heavy atom. The van der Waals surface area contributed by atoms with Gasteiger partial charge in [0.15, 0.2) is 0 Å². The van der Waals surface area contributed by atoms with Crippen molar-refractivity contribution >= 4 is 48.7 Å². The minimum Gasteiger partial charge on any atom is -0.464 e. The molecule has 4 heterocycles. The minimum atomic E-state index is -3.66. The van der Waals surface area contributed by atoms with E-state index in [-0.39, 0.29) is 32.5 Å². The van der Waals surface area contributed by atoms with Crippen LogP contribution in [0.1, 0.15) is 64.5 Å². The highest BCUT2D eigenvalue weighted by Crippen LogP contribution is 2.42. The maximum Gasteiger partial charge on any atom is 0.354 e. The van der Waals surface area contributed by atoms with Gasteiger partial charge in [-0.15, -0.1) is 0 Å². The number of aryl methyl sites for hydroxylation is 3. The summed E-state index contributed by atoms with van der Waals surface area (Å²) >= 11 is 6.95. The van der Waals surface area contributed by atoms with E-state index in [1.165, 1.54) is 7.11 Å². The first-order valence-electron chi connectivity index (χ1n) is 16.4. The lowest BCUT2D eigenvalue weighted by molar-refractivity contribution is 0.00199. The summed E-state index contributed by atoms with van der Waals surface area (Å²) < 4.78 is 78.9. The maximum absolute atomic E-state index is 13.1. The number of nitrogens with zero attached hydrogens (tertiary/aromatic N) is 5. The lowest BCUT2D eigenvalue weighted by Gasteiger charge is -2.23. The van der Waals surface area contributed by atoms with Crippen molar-refractivity contribution in [1.29, 1.82) is 0 Å². The van der Waals surface area contributed by atoms with E-state index in [0.29, 0.717) is 64.7 Å². The normalized spacial score (nSPS) is 15.5. The molecule has 51 heavy (non-hydrogen) atoms. The van der Waals surface area contributed by atoms with Gasteiger partial charge in [-0.2, -0.15) is 27.0 Å². The van der Waals surface area contributed by atoms with Crippen LogP contribution >= 0.6 is 11.6 Å². The molecule has 4 aromatic rings. The molecule has 0 spiro atoms. The molecule has 3 aromatic heterocycles. The summed E-state index contributed by atoms with van der Waals surface area (Å²) in [5.74, 6) is -0.544. The summed E-state index contributed by atoms with van der Waals surface area (Å²) in [5, 5.41) is 10.6. The number of esters is 1. The van der Waals surface area contributed by atoms with Crippen LogP contribution < -0.4 is 0 Å². The molecule has 0 N–H and O–H groups in total. The Morgan fingerprint density at radius 2 is 1.76 bits per heavy atom. The number of benzene rings is 1. The Hall–Kier alpha value is -3.32. The van der Waals surface area contributed by atoms with E-state index in [1.807, 2.05) is 20.0 Å². The van der Waals surface area contributed by atoms with Crippen molar-refractivity contribution in [3.05, 3.63) is 57.3 Å². The maximum atomic E-state index is 13.1. The molecule has 0 bridgehead atoms. The molecule has 1 atom stereocenters. The molecule has 1 aromatic carbocycles. The second kappa shape index (κ2) is 16.1. The van der Waals surface area contributed by atoms with Gasteiger partial charge in [0, 0.05) is 42.9 Å². The van der Waals surface area contributed by atoms with Crippen LogP contribution in [-0.4, -0.2) is 85.9 Å². The zero-order valence-electron chi connectivity index (χ0n) is 29.6. The van der Waals surface area contributed by atoms with Crippen LogP contribution in [0, 0.1) is 6.92 Å². The fourth-order valence-electron chi connectivity index (χ4n) is 6.43. The SMILES string of the molecule is COC(=O)c1c(CCCOS(C)(=O)=O)c2ccc(Cl)c(-c3c(COCc4cc(COS(C)(=O)=O)nn4CC4CCCCO4)nn(C)c3C)c2n1C. The highest BCUT2D eigenvalue weighted by molar-refractivity contribution is 7.86. The van der Waals surface area contributed by atoms with E-state index in [1.54, 1.807) is 33.1 Å². The molecule has 1 fully saturated rings. The smallest absolute Gasteiger partial charge is 0.354 e. The van der Waals surface area contributed by atoms with Gasteiger partial charge in [-0.05, 0) is 56.7 Å². The van der Waals surface area contributed by atoms with Gasteiger partial charge >= 0.3 is 5.97 Å². The van der Waals surface area contributed by atoms with Crippen molar-refractivity contribution in [2.24, 2.45) is 14.1 Å². The number of hydrogen-bond acceptors (Lipinski definition) is 12. The van der Waals surface area contributed by atoms with Crippen molar-refractivity contribution in [1.82, 2.24) is 24.1 Å². The second-order valence-corrected chi connectivity index (χ2v) is 16.3. The van der Waals surface area contributed by atoms with Gasteiger partial charge in [0.2, 0.25) is 0 Å². The Morgan fingerprint density at radius 1 is 1.02 bits per heavy atom. The molecule has 0 radical (unpaired) electrons. The fourth-order valence-corrected chi connectivity index (χ4v) is 7.44. The van der Waals surface area contributed by atoms with Crippen molar-refractivity contribution in [2.45, 2.75) is 71.5 Å². The van der Waals surface area contributed by atoms with Crippen molar-refractivity contribution in [3.8, 4) is 11.1 Å². The summed E-state index contributed by atoms with van der Waals surface area (Å²) in [6.45, 7) is 3.08. The quantitative estimate of drug-likeness (QED) is 0.0905. The number of carbonyl (C=O) groups is 1. The van der Waals surface area contributed by atoms with Crippen molar-refractivity contribution < 1.29 is 44.2 Å². The standard InChI is InChI=1S/C33H44ClN5O10S2/c1-21-29(30-27(34)13-12-26-25(11-9-15-48-50(5,41)42)32(33(40)45-4)37(2)31(26)30)28(36-38(21)3)20-46-19-23-16-22(18-49-51(6,43)44)35-39(23)17-24-10-7-8-14-47-24/h12-13,16,24H,7-11,14-15,17-20H2,1-6H3. The first-order valence-corrected chi connectivity index (χ1v) is 20.4. The number of halogens is 1. The van der Waals surface area contributed by atoms with Gasteiger partial charge in [0.05, 0.1) is 79.7 Å². The number of hydrogen-bond donors (Lipinski definition) is 0. The van der Waals surface area contributed by atoms with Gasteiger partial charge in [0.25, 0.3) is 20.2 Å². The molecule has 18 heteroatoms. The Labute approximate surface area is 302 Å². The van der Waals surface area contributed by atoms with Crippen molar-refractivity contribution in [3.63, 3.8) is 0 Å². The second-order valence-electron chi connectivity index (χ2n) is 12.6. The Balaban J connectivity index is 1.47. The molecule has 0 amide bonds. The molecule has 1 unspecified atom stereocenters. The van der Waals surface area contributed by atoms with Crippen LogP contribution in [0.2, 0.25) is 5.02 Å². The average Bonchev–Trinajstić information content (AvgIpc) is 3.68. The fraction of sp³-hybridized carbons (Fsp3) is 0.545. The molecular formula is C33H44ClN5O10S2. The van der Waals surface area contributed by atoms with Gasteiger partial charge in [-0.1, -0.05) is 17.7 Å². The number of ether oxygens (including phenoxy) is 3. The third-order valence-electron chi connectivity index (χ3n) is 8.79. The highest BCUT2D eigenvalue weighted by atomic mass is 35.5. The Kier molecular flexibility index (Phi) is 12.3. The number of carbonyl (C=O) groups excluding carboxylic acids is 1. The Bertz CT molecular complexity index is 2120. The van der Waals surface area contributed by atoms with E-state index >= 15 is 0 Å². The van der Waals surface area contributed by atoms with Crippen LogP contribution in [0.3, 0.4) is 0 Å². The lowest BCUT2D eigenvalue weighted by atomic mass is 9.98. The summed E-state index contributed by atoms with van der Waals surface area (Å²) in [6.07, 6.45) is 5.61. The molecule has 1 saturated heterocycles. The average molecular weight is 770 g/mol. The first kappa shape index (κ1) is 38.9. The molecular weight excluding hydrogens is 726 g/mol. The number of rotatable bonds is 16. The molecule has 280 valence electrons. The van der Waals surface area contributed by atoms with Gasteiger partial charge < -0.3 is 18.8 Å². The zero-order chi connectivity index (χ0) is 37.1. The van der Waals surface area contributed by atoms with E-state index in [2.05, 4.69) is 5.10 Å². The van der Waals surface area contributed by atoms with Crippen LogP contribution in [0.5, 0.6) is 0 Å². The van der Waals surface area contributed by atoms with E-state index in [9.17, 15) is 21.6 Å². The van der Waals surface area contributed by atoms with E-state index in [0.717, 1.165) is 54.1 Å². The van der Waals surface area contributed by atoms with Crippen LogP contribution in [0.15, 0.2) is 18.2 Å². The molecule has 0 saturated carbocycles. The number of methoxy groups -OCH3 is 1. The van der Waals surface area contributed by atoms with E-state index in [4.69, 9.17) is 39.3 Å². The first-order chi connectivity index (χ1) is 24.1. The third kappa shape index (κ3) is 9.38. The van der Waals surface area contributed by atoms with E-state index < -0.39 is 26.2 Å². The lowest BCUT2D eigenvalue weighted by Crippen LogP contribution is -2.26. The predicted molar refractivity (Wildman–Crippen MR) is 189 cm³/mol. The van der Waals surface area contributed by atoms with Crippen LogP contribution in [-0.2, 0) is 89.7 Å². The largest absolute Gasteiger partial charge is 0.464 e. The number of aromatic nitrogens is 5. The van der Waals surface area contributed by atoms with Gasteiger partial charge in [-0.3, -0.25) is 17.7 Å². The van der Waals surface area contributed by atoms with Crippen LogP contribution in [0.4, 0.5) is 0 Å². The topological polar surface area (TPSA) is 172 Å². The monoisotopic (exact) mass is 769 g/mol. The molecule has 5 rings (SSSR count). The molecule has 1 aliphatic heterocycles. The van der Waals surface area contributed by atoms with Crippen LogP contribution in [0.25, 0.3) is 22.0 Å². The molecule has 1 aliphatic rings. The summed E-state index contributed by atoms with van der Waals surface area (Å²) in [7, 11) is -2.39. The van der Waals surface area contributed by atoms with Crippen molar-refractivity contribution in [2.75, 3.05) is 32.8 Å². The summed E-state index contributed by atoms with van der Waals surface area (Å²) in [4.78, 5) is 13.1. The zero-order valence-corrected chi connectivity index (χ0v) is 32.0.